The Morgan fingerprint density at radius 2 is 2.10 bits per heavy atom. The lowest BCUT2D eigenvalue weighted by Crippen LogP contribution is -2.29. The van der Waals surface area contributed by atoms with E-state index in [1.54, 1.807) is 13.2 Å². The number of hydrogen-bond donors (Lipinski definition) is 0. The average molecular weight is 303 g/mol. The first-order chi connectivity index (χ1) is 10.3. The molecule has 2 aromatic heterocycles. The van der Waals surface area contributed by atoms with Crippen LogP contribution < -0.4 is 0 Å². The molecule has 0 amide bonds. The lowest BCUT2D eigenvalue weighted by atomic mass is 9.93. The van der Waals surface area contributed by atoms with Gasteiger partial charge in [0.1, 0.15) is 16.5 Å². The Morgan fingerprint density at radius 1 is 1.33 bits per heavy atom. The quantitative estimate of drug-likeness (QED) is 0.805. The Balaban J connectivity index is 1.95. The minimum absolute atomic E-state index is 0.414. The van der Waals surface area contributed by atoms with Crippen molar-refractivity contribution in [3.05, 3.63) is 22.8 Å². The van der Waals surface area contributed by atoms with Gasteiger partial charge in [-0.15, -0.1) is 11.3 Å². The average Bonchev–Trinajstić information content (AvgIpc) is 3.11. The molecular weight excluding hydrogens is 286 g/mol. The Labute approximate surface area is 127 Å². The molecule has 0 bridgehead atoms. The van der Waals surface area contributed by atoms with Crippen molar-refractivity contribution < 1.29 is 9.26 Å². The van der Waals surface area contributed by atoms with Crippen LogP contribution in [0.2, 0.25) is 0 Å². The number of aromatic nitrogens is 2. The third-order valence-electron chi connectivity index (χ3n) is 4.12. The summed E-state index contributed by atoms with van der Waals surface area (Å²) in [6.45, 7) is 0. The molecule has 1 saturated carbocycles. The van der Waals surface area contributed by atoms with Gasteiger partial charge in [-0.1, -0.05) is 30.8 Å². The number of methoxy groups -OCH3 is 1. The smallest absolute Gasteiger partial charge is 0.269 e. The monoisotopic (exact) mass is 303 g/mol. The summed E-state index contributed by atoms with van der Waals surface area (Å²) in [5, 5.41) is 15.1. The fourth-order valence-electron chi connectivity index (χ4n) is 2.88. The lowest BCUT2D eigenvalue weighted by molar-refractivity contribution is -0.0365. The van der Waals surface area contributed by atoms with E-state index in [1.165, 1.54) is 24.2 Å². The van der Waals surface area contributed by atoms with E-state index < -0.39 is 5.60 Å². The van der Waals surface area contributed by atoms with Gasteiger partial charge in [-0.25, -0.2) is 0 Å². The van der Waals surface area contributed by atoms with Crippen molar-refractivity contribution in [3.8, 4) is 16.8 Å². The normalized spacial score (nSPS) is 18.1. The third-order valence-corrected chi connectivity index (χ3v) is 5.02. The van der Waals surface area contributed by atoms with E-state index in [0.29, 0.717) is 17.3 Å². The maximum atomic E-state index is 9.10. The predicted molar refractivity (Wildman–Crippen MR) is 78.7 cm³/mol. The number of thiophene rings is 1. The number of ether oxygens (including phenoxy) is 1. The zero-order valence-electron chi connectivity index (χ0n) is 12.0. The molecule has 0 aromatic carbocycles. The highest BCUT2D eigenvalue weighted by Crippen LogP contribution is 2.38. The summed E-state index contributed by atoms with van der Waals surface area (Å²) >= 11 is 1.44. The molecule has 6 heteroatoms. The largest absolute Gasteiger partial charge is 0.370 e. The molecule has 5 nitrogen and oxygen atoms in total. The first kappa shape index (κ1) is 14.2. The number of hydrogen-bond acceptors (Lipinski definition) is 6. The van der Waals surface area contributed by atoms with Crippen LogP contribution in [0.3, 0.4) is 0 Å². The first-order valence-electron chi connectivity index (χ1n) is 7.16. The molecule has 1 aliphatic rings. The van der Waals surface area contributed by atoms with Crippen LogP contribution in [0, 0.1) is 11.3 Å². The van der Waals surface area contributed by atoms with E-state index in [0.717, 1.165) is 30.6 Å². The number of rotatable bonds is 3. The molecule has 0 aliphatic heterocycles. The molecule has 0 atom stereocenters. The van der Waals surface area contributed by atoms with E-state index in [-0.39, 0.29) is 0 Å². The van der Waals surface area contributed by atoms with Gasteiger partial charge in [-0.2, -0.15) is 10.2 Å². The molecule has 2 aromatic rings. The van der Waals surface area contributed by atoms with Crippen molar-refractivity contribution in [2.75, 3.05) is 7.11 Å². The summed E-state index contributed by atoms with van der Waals surface area (Å²) in [5.74, 6) is 1.02. The maximum Gasteiger partial charge on any atom is 0.269 e. The van der Waals surface area contributed by atoms with Crippen molar-refractivity contribution in [1.29, 1.82) is 5.26 Å². The van der Waals surface area contributed by atoms with Crippen molar-refractivity contribution in [3.63, 3.8) is 0 Å². The van der Waals surface area contributed by atoms with Gasteiger partial charge in [0.2, 0.25) is 5.82 Å². The second-order valence-electron chi connectivity index (χ2n) is 5.31. The highest BCUT2D eigenvalue weighted by atomic mass is 32.1. The number of nitrogens with zero attached hydrogens (tertiary/aromatic N) is 3. The summed E-state index contributed by atoms with van der Waals surface area (Å²) in [7, 11) is 1.72. The van der Waals surface area contributed by atoms with Crippen LogP contribution in [0.25, 0.3) is 10.8 Å². The highest BCUT2D eigenvalue weighted by Gasteiger charge is 2.37. The molecule has 0 unspecified atom stereocenters. The molecule has 1 fully saturated rings. The Bertz CT molecular complexity index is 648. The molecule has 0 spiro atoms. The zero-order chi connectivity index (χ0) is 14.7. The molecule has 110 valence electrons. The second-order valence-corrected chi connectivity index (χ2v) is 6.23. The van der Waals surface area contributed by atoms with Gasteiger partial charge in [-0.3, -0.25) is 0 Å². The maximum absolute atomic E-state index is 9.10. The van der Waals surface area contributed by atoms with Crippen LogP contribution in [-0.2, 0) is 10.3 Å². The van der Waals surface area contributed by atoms with Gasteiger partial charge in [0.05, 0.1) is 5.56 Å². The minimum atomic E-state index is -0.442. The molecule has 1 aliphatic carbocycles. The van der Waals surface area contributed by atoms with Gasteiger partial charge < -0.3 is 9.26 Å². The van der Waals surface area contributed by atoms with E-state index in [4.69, 9.17) is 14.5 Å². The van der Waals surface area contributed by atoms with Crippen molar-refractivity contribution in [2.45, 2.75) is 44.1 Å². The molecule has 0 N–H and O–H groups in total. The van der Waals surface area contributed by atoms with Gasteiger partial charge in [0.15, 0.2) is 0 Å². The zero-order valence-corrected chi connectivity index (χ0v) is 12.8. The van der Waals surface area contributed by atoms with Crippen LogP contribution in [0.4, 0.5) is 0 Å². The fraction of sp³-hybridized carbons (Fsp3) is 0.533. The standard InChI is InChI=1S/C15H17N3O2S/c1-19-15(7-4-2-3-5-8-15)14-17-13(20-18-14)12-11(10-16)6-9-21-12/h6,9H,2-5,7-8H2,1H3. The number of nitriles is 1. The van der Waals surface area contributed by atoms with Crippen LogP contribution in [-0.4, -0.2) is 17.3 Å². The van der Waals surface area contributed by atoms with Crippen LogP contribution in [0.1, 0.15) is 49.9 Å². The van der Waals surface area contributed by atoms with Crippen molar-refractivity contribution in [1.82, 2.24) is 10.1 Å². The first-order valence-corrected chi connectivity index (χ1v) is 8.04. The van der Waals surface area contributed by atoms with E-state index >= 15 is 0 Å². The summed E-state index contributed by atoms with van der Waals surface area (Å²) in [5.41, 5.74) is 0.130. The van der Waals surface area contributed by atoms with E-state index in [1.807, 2.05) is 5.38 Å². The lowest BCUT2D eigenvalue weighted by Gasteiger charge is -2.27. The summed E-state index contributed by atoms with van der Waals surface area (Å²) in [6, 6.07) is 3.91. The topological polar surface area (TPSA) is 71.9 Å². The van der Waals surface area contributed by atoms with Crippen LogP contribution in [0.5, 0.6) is 0 Å². The van der Waals surface area contributed by atoms with Crippen molar-refractivity contribution in [2.24, 2.45) is 0 Å². The fourth-order valence-corrected chi connectivity index (χ4v) is 3.65. The van der Waals surface area contributed by atoms with Crippen LogP contribution >= 0.6 is 11.3 Å². The Morgan fingerprint density at radius 3 is 2.76 bits per heavy atom. The molecule has 2 heterocycles. The highest BCUT2D eigenvalue weighted by molar-refractivity contribution is 7.13. The van der Waals surface area contributed by atoms with Crippen molar-refractivity contribution >= 4 is 11.3 Å². The summed E-state index contributed by atoms with van der Waals surface area (Å²) in [6.07, 6.45) is 6.50. The third kappa shape index (κ3) is 2.59. The molecule has 0 saturated heterocycles. The summed E-state index contributed by atoms with van der Waals surface area (Å²) in [4.78, 5) is 5.26. The van der Waals surface area contributed by atoms with E-state index in [9.17, 15) is 0 Å². The second kappa shape index (κ2) is 5.96. The van der Waals surface area contributed by atoms with E-state index in [2.05, 4.69) is 16.2 Å². The van der Waals surface area contributed by atoms with Gasteiger partial charge in [0.25, 0.3) is 5.89 Å². The minimum Gasteiger partial charge on any atom is -0.370 e. The Kier molecular flexibility index (Phi) is 4.04. The summed E-state index contributed by atoms with van der Waals surface area (Å²) < 4.78 is 11.2. The molecule has 0 radical (unpaired) electrons. The SMILES string of the molecule is COC1(c2noc(-c3sccc3C#N)n2)CCCCCC1. The van der Waals surface area contributed by atoms with Crippen LogP contribution in [0.15, 0.2) is 16.0 Å². The predicted octanol–water partition coefficient (Wildman–Crippen LogP) is 3.87. The van der Waals surface area contributed by atoms with Gasteiger partial charge >= 0.3 is 0 Å². The van der Waals surface area contributed by atoms with Gasteiger partial charge in [-0.05, 0) is 24.3 Å². The molecule has 3 rings (SSSR count). The van der Waals surface area contributed by atoms with Gasteiger partial charge in [0, 0.05) is 7.11 Å². The Hall–Kier alpha value is -1.71. The molecular formula is C15H17N3O2S. The molecule has 21 heavy (non-hydrogen) atoms.